The molecule has 76 valence electrons. The van der Waals surface area contributed by atoms with Gasteiger partial charge in [0.1, 0.15) is 5.78 Å². The van der Waals surface area contributed by atoms with Crippen LogP contribution in [-0.2, 0) is 4.79 Å². The van der Waals surface area contributed by atoms with Crippen LogP contribution in [0.3, 0.4) is 0 Å². The maximum Gasteiger partial charge on any atom is 0.150 e. The summed E-state index contributed by atoms with van der Waals surface area (Å²) in [6.07, 6.45) is 2.90. The Morgan fingerprint density at radius 1 is 1.31 bits per heavy atom. The van der Waals surface area contributed by atoms with Gasteiger partial charge in [-0.1, -0.05) is 11.6 Å². The molecule has 0 saturated carbocycles. The zero-order chi connectivity index (χ0) is 10.6. The quantitative estimate of drug-likeness (QED) is 0.623. The molecule has 1 unspecified atom stereocenters. The van der Waals surface area contributed by atoms with Crippen LogP contribution >= 0.6 is 0 Å². The number of hydrogen-bond donors (Lipinski definition) is 0. The number of carbonyl (C=O) groups is 1. The van der Waals surface area contributed by atoms with Gasteiger partial charge < -0.3 is 0 Å². The maximum absolute atomic E-state index is 11.4. The number of ketones is 1. The first-order chi connectivity index (χ1) is 5.80. The molecule has 0 heterocycles. The van der Waals surface area contributed by atoms with Crippen LogP contribution in [0.2, 0.25) is 0 Å². The van der Waals surface area contributed by atoms with Crippen molar-refractivity contribution in [1.82, 2.24) is 4.90 Å². The van der Waals surface area contributed by atoms with Crippen LogP contribution < -0.4 is 0 Å². The van der Waals surface area contributed by atoms with Crippen molar-refractivity contribution >= 4 is 5.78 Å². The Kier molecular flexibility index (Phi) is 4.34. The lowest BCUT2D eigenvalue weighted by Crippen LogP contribution is -2.47. The van der Waals surface area contributed by atoms with E-state index in [-0.39, 0.29) is 11.3 Å². The number of hydrogen-bond acceptors (Lipinski definition) is 2. The minimum atomic E-state index is -0.350. The molecule has 0 rings (SSSR count). The predicted molar refractivity (Wildman–Crippen MR) is 56.8 cm³/mol. The zero-order valence-corrected chi connectivity index (χ0v) is 9.64. The number of nitrogens with zero attached hydrogens (tertiary/aromatic N) is 1. The largest absolute Gasteiger partial charge is 0.298 e. The van der Waals surface area contributed by atoms with Gasteiger partial charge in [0.15, 0.2) is 0 Å². The Morgan fingerprint density at radius 2 is 1.77 bits per heavy atom. The van der Waals surface area contributed by atoms with Gasteiger partial charge in [0.25, 0.3) is 0 Å². The first kappa shape index (κ1) is 12.4. The second-order valence-corrected chi connectivity index (χ2v) is 4.21. The van der Waals surface area contributed by atoms with Gasteiger partial charge in [-0.05, 0) is 48.2 Å². The number of likely N-dealkylation sites (N-methyl/N-ethyl adjacent to an activating group) is 1. The van der Waals surface area contributed by atoms with Crippen molar-refractivity contribution in [2.24, 2.45) is 0 Å². The van der Waals surface area contributed by atoms with Crippen molar-refractivity contribution in [3.05, 3.63) is 11.6 Å². The molecule has 0 aliphatic heterocycles. The predicted octanol–water partition coefficient (Wildman–Crippen LogP) is 2.25. The molecule has 0 aromatic heterocycles. The van der Waals surface area contributed by atoms with Gasteiger partial charge in [-0.25, -0.2) is 0 Å². The number of rotatable bonds is 4. The summed E-state index contributed by atoms with van der Waals surface area (Å²) in [5.41, 5.74) is 0.909. The molecular formula is C11H21NO. The molecular weight excluding hydrogens is 162 g/mol. The van der Waals surface area contributed by atoms with E-state index in [9.17, 15) is 4.79 Å². The third-order valence-electron chi connectivity index (χ3n) is 2.65. The van der Waals surface area contributed by atoms with Crippen LogP contribution in [0.1, 0.15) is 34.1 Å². The summed E-state index contributed by atoms with van der Waals surface area (Å²) < 4.78 is 0. The first-order valence-electron chi connectivity index (χ1n) is 4.62. The Labute approximate surface area is 81.6 Å². The summed E-state index contributed by atoms with van der Waals surface area (Å²) in [6, 6.07) is 0. The Morgan fingerprint density at radius 3 is 2.00 bits per heavy atom. The molecule has 0 fully saturated rings. The summed E-state index contributed by atoms with van der Waals surface area (Å²) >= 11 is 0. The van der Waals surface area contributed by atoms with Crippen molar-refractivity contribution in [2.75, 3.05) is 14.1 Å². The molecule has 2 nitrogen and oxygen atoms in total. The van der Waals surface area contributed by atoms with E-state index in [2.05, 4.69) is 19.9 Å². The zero-order valence-electron chi connectivity index (χ0n) is 9.64. The van der Waals surface area contributed by atoms with Gasteiger partial charge >= 0.3 is 0 Å². The molecule has 0 aliphatic rings. The molecule has 0 N–H and O–H groups in total. The van der Waals surface area contributed by atoms with Gasteiger partial charge in [-0.2, -0.15) is 0 Å². The van der Waals surface area contributed by atoms with Crippen LogP contribution in [0.15, 0.2) is 11.6 Å². The van der Waals surface area contributed by atoms with Crippen molar-refractivity contribution in [1.29, 1.82) is 0 Å². The SMILES string of the molecule is CC(=O)C(C)(CC=C(C)C)N(C)C. The van der Waals surface area contributed by atoms with Crippen molar-refractivity contribution in [3.8, 4) is 0 Å². The van der Waals surface area contributed by atoms with Gasteiger partial charge in [0.2, 0.25) is 0 Å². The van der Waals surface area contributed by atoms with E-state index in [0.717, 1.165) is 6.42 Å². The highest BCUT2D eigenvalue weighted by Crippen LogP contribution is 2.19. The minimum absolute atomic E-state index is 0.218. The molecule has 0 spiro atoms. The number of allylic oxidation sites excluding steroid dienone is 1. The lowest BCUT2D eigenvalue weighted by atomic mass is 9.91. The molecule has 0 amide bonds. The van der Waals surface area contributed by atoms with Gasteiger partial charge in [-0.3, -0.25) is 9.69 Å². The fourth-order valence-corrected chi connectivity index (χ4v) is 1.04. The molecule has 1 atom stereocenters. The Bertz CT molecular complexity index is 214. The Hall–Kier alpha value is -0.630. The lowest BCUT2D eigenvalue weighted by Gasteiger charge is -2.33. The summed E-state index contributed by atoms with van der Waals surface area (Å²) in [5.74, 6) is 0.218. The van der Waals surface area contributed by atoms with E-state index in [4.69, 9.17) is 0 Å². The smallest absolute Gasteiger partial charge is 0.150 e. The molecule has 0 bridgehead atoms. The second kappa shape index (κ2) is 4.56. The highest BCUT2D eigenvalue weighted by Gasteiger charge is 2.30. The highest BCUT2D eigenvalue weighted by molar-refractivity contribution is 5.85. The van der Waals surface area contributed by atoms with E-state index < -0.39 is 0 Å². The van der Waals surface area contributed by atoms with Gasteiger partial charge in [0.05, 0.1) is 5.54 Å². The summed E-state index contributed by atoms with van der Waals surface area (Å²) in [6.45, 7) is 7.74. The third kappa shape index (κ3) is 3.31. The summed E-state index contributed by atoms with van der Waals surface area (Å²) in [4.78, 5) is 13.4. The van der Waals surface area contributed by atoms with E-state index in [0.29, 0.717) is 0 Å². The van der Waals surface area contributed by atoms with Crippen LogP contribution in [0.4, 0.5) is 0 Å². The molecule has 2 heteroatoms. The maximum atomic E-state index is 11.4. The van der Waals surface area contributed by atoms with Crippen LogP contribution in [0.5, 0.6) is 0 Å². The van der Waals surface area contributed by atoms with Crippen LogP contribution in [0.25, 0.3) is 0 Å². The topological polar surface area (TPSA) is 20.3 Å². The van der Waals surface area contributed by atoms with Crippen LogP contribution in [-0.4, -0.2) is 30.3 Å². The fourth-order valence-electron chi connectivity index (χ4n) is 1.04. The van der Waals surface area contributed by atoms with Crippen molar-refractivity contribution < 1.29 is 4.79 Å². The van der Waals surface area contributed by atoms with Crippen molar-refractivity contribution in [3.63, 3.8) is 0 Å². The average Bonchev–Trinajstić information content (AvgIpc) is 1.99. The van der Waals surface area contributed by atoms with Gasteiger partial charge in [0, 0.05) is 0 Å². The highest BCUT2D eigenvalue weighted by atomic mass is 16.1. The monoisotopic (exact) mass is 183 g/mol. The van der Waals surface area contributed by atoms with Crippen molar-refractivity contribution in [2.45, 2.75) is 39.7 Å². The summed E-state index contributed by atoms with van der Waals surface area (Å²) in [5, 5.41) is 0. The van der Waals surface area contributed by atoms with Crippen LogP contribution in [0, 0.1) is 0 Å². The molecule has 0 radical (unpaired) electrons. The van der Waals surface area contributed by atoms with E-state index >= 15 is 0 Å². The first-order valence-corrected chi connectivity index (χ1v) is 4.62. The number of carbonyl (C=O) groups excluding carboxylic acids is 1. The van der Waals surface area contributed by atoms with Gasteiger partial charge in [-0.15, -0.1) is 0 Å². The van der Waals surface area contributed by atoms with E-state index in [1.807, 2.05) is 25.9 Å². The molecule has 13 heavy (non-hydrogen) atoms. The van der Waals surface area contributed by atoms with E-state index in [1.54, 1.807) is 6.92 Å². The number of Topliss-reactive ketones (excluding diaryl/α,β-unsaturated/α-hetero) is 1. The third-order valence-corrected chi connectivity index (χ3v) is 2.65. The minimum Gasteiger partial charge on any atom is -0.298 e. The average molecular weight is 183 g/mol. The Balaban J connectivity index is 4.62. The molecule has 0 saturated heterocycles. The standard InChI is InChI=1S/C11H21NO/c1-9(2)7-8-11(4,10(3)13)12(5)6/h7H,8H2,1-6H3. The molecule has 0 aliphatic carbocycles. The second-order valence-electron chi connectivity index (χ2n) is 4.21. The fraction of sp³-hybridized carbons (Fsp3) is 0.727. The lowest BCUT2D eigenvalue weighted by molar-refractivity contribution is -0.126. The normalized spacial score (nSPS) is 15.3. The molecule has 0 aromatic rings. The molecule has 0 aromatic carbocycles. The summed E-state index contributed by atoms with van der Waals surface area (Å²) in [7, 11) is 3.89. The van der Waals surface area contributed by atoms with E-state index in [1.165, 1.54) is 5.57 Å².